The van der Waals surface area contributed by atoms with E-state index >= 15 is 0 Å². The van der Waals surface area contributed by atoms with E-state index in [4.69, 9.17) is 9.79 Å². The van der Waals surface area contributed by atoms with Crippen LogP contribution in [0.15, 0.2) is 0 Å². The van der Waals surface area contributed by atoms with E-state index in [2.05, 4.69) is 4.74 Å². The summed E-state index contributed by atoms with van der Waals surface area (Å²) >= 11 is 0. The number of hydrogen-bond donors (Lipinski definition) is 2. The molecule has 0 aromatic rings. The van der Waals surface area contributed by atoms with Gasteiger partial charge in [-0.1, -0.05) is 0 Å². The molecule has 0 aromatic carbocycles. The van der Waals surface area contributed by atoms with Gasteiger partial charge < -0.3 is 14.5 Å². The van der Waals surface area contributed by atoms with E-state index in [1.165, 1.54) is 13.8 Å². The number of rotatable bonds is 7. The fourth-order valence-electron chi connectivity index (χ4n) is 1.98. The smallest absolute Gasteiger partial charge is 0.376 e. The zero-order chi connectivity index (χ0) is 18.0. The average Bonchev–Trinajstić information content (AvgIpc) is 2.19. The number of nitrogens with zero attached hydrogens (tertiary/aromatic N) is 1. The van der Waals surface area contributed by atoms with Crippen LogP contribution in [0.2, 0.25) is 0 Å². The fraction of sp³-hybridized carbons (Fsp3) is 1.00. The summed E-state index contributed by atoms with van der Waals surface area (Å²) in [6.45, 7) is 1.26. The Kier molecular flexibility index (Phi) is 6.93. The van der Waals surface area contributed by atoms with Gasteiger partial charge in [-0.05, 0) is 13.8 Å². The molecule has 0 aliphatic carbocycles. The standard InChI is InChI=1S/C10H18F6NO4P/c1-7(2)17(22(18,19)20)6-8(21-3,4-9(11,12)13)5-10(14,15)16/h7H,4-6H2,1-3H3,(H2,18,19,20). The van der Waals surface area contributed by atoms with Crippen LogP contribution in [-0.2, 0) is 9.30 Å². The van der Waals surface area contributed by atoms with Gasteiger partial charge in [0.25, 0.3) is 0 Å². The first-order chi connectivity index (χ1) is 9.51. The van der Waals surface area contributed by atoms with Crippen LogP contribution < -0.4 is 0 Å². The van der Waals surface area contributed by atoms with E-state index in [1.807, 2.05) is 0 Å². The lowest BCUT2D eigenvalue weighted by Crippen LogP contribution is -2.50. The van der Waals surface area contributed by atoms with Crippen LogP contribution in [0, 0.1) is 0 Å². The zero-order valence-corrected chi connectivity index (χ0v) is 13.0. The Labute approximate surface area is 123 Å². The third-order valence-electron chi connectivity index (χ3n) is 2.86. The van der Waals surface area contributed by atoms with Crippen LogP contribution >= 0.6 is 7.75 Å². The fourth-order valence-corrected chi connectivity index (χ4v) is 3.03. The Hall–Kier alpha value is -0.350. The van der Waals surface area contributed by atoms with Crippen LogP contribution in [0.5, 0.6) is 0 Å². The van der Waals surface area contributed by atoms with E-state index in [1.54, 1.807) is 0 Å². The van der Waals surface area contributed by atoms with Crippen molar-refractivity contribution < 1.29 is 45.4 Å². The van der Waals surface area contributed by atoms with Gasteiger partial charge in [0, 0.05) is 19.7 Å². The predicted octanol–water partition coefficient (Wildman–Crippen LogP) is 3.08. The third kappa shape index (κ3) is 7.77. The SMILES string of the molecule is COC(CN(C(C)C)P(=O)(O)O)(CC(F)(F)F)CC(F)(F)F. The predicted molar refractivity (Wildman–Crippen MR) is 65.0 cm³/mol. The Bertz CT molecular complexity index is 389. The van der Waals surface area contributed by atoms with Crippen LogP contribution in [-0.4, -0.2) is 52.1 Å². The molecular formula is C10H18F6NO4P. The van der Waals surface area contributed by atoms with Gasteiger partial charge in [-0.3, -0.25) is 0 Å². The zero-order valence-electron chi connectivity index (χ0n) is 12.1. The molecule has 0 bridgehead atoms. The van der Waals surface area contributed by atoms with Gasteiger partial charge >= 0.3 is 20.1 Å². The highest BCUT2D eigenvalue weighted by Crippen LogP contribution is 2.46. The lowest BCUT2D eigenvalue weighted by Gasteiger charge is -2.39. The molecule has 0 radical (unpaired) electrons. The molecule has 0 spiro atoms. The van der Waals surface area contributed by atoms with Crippen molar-refractivity contribution >= 4 is 7.75 Å². The van der Waals surface area contributed by atoms with Gasteiger partial charge in [-0.25, -0.2) is 9.24 Å². The van der Waals surface area contributed by atoms with Gasteiger partial charge in [0.2, 0.25) is 0 Å². The summed E-state index contributed by atoms with van der Waals surface area (Å²) in [7, 11) is -4.41. The highest BCUT2D eigenvalue weighted by molar-refractivity contribution is 7.49. The Morgan fingerprint density at radius 3 is 1.59 bits per heavy atom. The van der Waals surface area contributed by atoms with Crippen molar-refractivity contribution in [3.8, 4) is 0 Å². The number of hydrogen-bond acceptors (Lipinski definition) is 2. The monoisotopic (exact) mass is 361 g/mol. The summed E-state index contributed by atoms with van der Waals surface area (Å²) in [5, 5.41) is 0. The van der Waals surface area contributed by atoms with Crippen LogP contribution in [0.4, 0.5) is 26.3 Å². The minimum atomic E-state index is -5.05. The highest BCUT2D eigenvalue weighted by atomic mass is 31.2. The quantitative estimate of drug-likeness (QED) is 0.539. The van der Waals surface area contributed by atoms with Crippen molar-refractivity contribution in [1.29, 1.82) is 0 Å². The first-order valence-corrected chi connectivity index (χ1v) is 7.59. The Morgan fingerprint density at radius 1 is 1.05 bits per heavy atom. The van der Waals surface area contributed by atoms with E-state index in [0.717, 1.165) is 0 Å². The summed E-state index contributed by atoms with van der Waals surface area (Å²) in [5.41, 5.74) is -2.85. The molecule has 22 heavy (non-hydrogen) atoms. The lowest BCUT2D eigenvalue weighted by molar-refractivity contribution is -0.226. The maximum atomic E-state index is 12.6. The van der Waals surface area contributed by atoms with Gasteiger partial charge in [0.1, 0.15) is 0 Å². The maximum absolute atomic E-state index is 12.6. The van der Waals surface area contributed by atoms with Gasteiger partial charge in [0.15, 0.2) is 0 Å². The molecule has 12 heteroatoms. The van der Waals surface area contributed by atoms with E-state index in [0.29, 0.717) is 7.11 Å². The highest BCUT2D eigenvalue weighted by Gasteiger charge is 2.52. The van der Waals surface area contributed by atoms with E-state index < -0.39 is 51.1 Å². The third-order valence-corrected chi connectivity index (χ3v) is 4.13. The van der Waals surface area contributed by atoms with Gasteiger partial charge in [-0.2, -0.15) is 26.3 Å². The molecule has 0 unspecified atom stereocenters. The second-order valence-corrected chi connectivity index (χ2v) is 6.72. The van der Waals surface area contributed by atoms with Crippen molar-refractivity contribution in [2.75, 3.05) is 13.7 Å². The normalized spacial score (nSPS) is 15.0. The second-order valence-electron chi connectivity index (χ2n) is 5.18. The molecule has 0 saturated heterocycles. The van der Waals surface area contributed by atoms with E-state index in [9.17, 15) is 30.9 Å². The molecule has 0 heterocycles. The number of ether oxygens (including phenoxy) is 1. The molecule has 0 aromatic heterocycles. The van der Waals surface area contributed by atoms with Crippen molar-refractivity contribution in [2.24, 2.45) is 0 Å². The molecule has 0 saturated carbocycles. The molecule has 0 amide bonds. The summed E-state index contributed by atoms with van der Waals surface area (Å²) in [6, 6.07) is -0.989. The van der Waals surface area contributed by atoms with Crippen LogP contribution in [0.25, 0.3) is 0 Å². The summed E-state index contributed by atoms with van der Waals surface area (Å²) in [5.74, 6) is 0. The topological polar surface area (TPSA) is 70.0 Å². The largest absolute Gasteiger partial charge is 0.403 e. The molecule has 0 aliphatic heterocycles. The van der Waals surface area contributed by atoms with Crippen LogP contribution in [0.1, 0.15) is 26.7 Å². The lowest BCUT2D eigenvalue weighted by atomic mass is 9.93. The first kappa shape index (κ1) is 21.6. The molecule has 0 rings (SSSR count). The number of methoxy groups -OCH3 is 1. The Morgan fingerprint density at radius 2 is 1.41 bits per heavy atom. The molecule has 0 atom stereocenters. The molecule has 134 valence electrons. The number of alkyl halides is 6. The van der Waals surface area contributed by atoms with Crippen molar-refractivity contribution in [3.63, 3.8) is 0 Å². The maximum Gasteiger partial charge on any atom is 0.403 e. The van der Waals surface area contributed by atoms with Crippen molar-refractivity contribution in [2.45, 2.75) is 50.7 Å². The molecule has 5 nitrogen and oxygen atoms in total. The minimum absolute atomic E-state index is 0.258. The van der Waals surface area contributed by atoms with Crippen molar-refractivity contribution in [3.05, 3.63) is 0 Å². The summed E-state index contributed by atoms with van der Waals surface area (Å²) < 4.78 is 91.6. The number of halogens is 6. The molecule has 0 fully saturated rings. The second kappa shape index (κ2) is 7.04. The first-order valence-electron chi connectivity index (χ1n) is 6.03. The molecular weight excluding hydrogens is 343 g/mol. The van der Waals surface area contributed by atoms with Crippen LogP contribution in [0.3, 0.4) is 0 Å². The molecule has 0 aliphatic rings. The summed E-state index contributed by atoms with van der Waals surface area (Å²) in [6.07, 6.45) is -14.0. The summed E-state index contributed by atoms with van der Waals surface area (Å²) in [4.78, 5) is 18.2. The average molecular weight is 361 g/mol. The van der Waals surface area contributed by atoms with E-state index in [-0.39, 0.29) is 4.67 Å². The van der Waals surface area contributed by atoms with Gasteiger partial charge in [-0.15, -0.1) is 0 Å². The van der Waals surface area contributed by atoms with Gasteiger partial charge in [0.05, 0.1) is 18.4 Å². The minimum Gasteiger partial charge on any atom is -0.376 e. The molecule has 2 N–H and O–H groups in total. The Balaban J connectivity index is 5.68. The van der Waals surface area contributed by atoms with Crippen molar-refractivity contribution in [1.82, 2.24) is 4.67 Å².